The second-order valence-corrected chi connectivity index (χ2v) is 9.23. The molecule has 1 atom stereocenters. The van der Waals surface area contributed by atoms with E-state index in [1.165, 1.54) is 0 Å². The van der Waals surface area contributed by atoms with E-state index in [2.05, 4.69) is 18.0 Å². The first-order valence-corrected chi connectivity index (χ1v) is 12.5. The summed E-state index contributed by atoms with van der Waals surface area (Å²) < 4.78 is 11.3. The predicted octanol–water partition coefficient (Wildman–Crippen LogP) is 6.37. The van der Waals surface area contributed by atoms with Crippen molar-refractivity contribution in [2.24, 2.45) is 0 Å². The third-order valence-corrected chi connectivity index (χ3v) is 7.10. The van der Waals surface area contributed by atoms with Crippen molar-refractivity contribution < 1.29 is 19.4 Å². The molecule has 0 radical (unpaired) electrons. The van der Waals surface area contributed by atoms with Gasteiger partial charge in [-0.05, 0) is 66.3 Å². The Morgan fingerprint density at radius 3 is 2.71 bits per heavy atom. The largest absolute Gasteiger partial charge is 0.507 e. The van der Waals surface area contributed by atoms with Crippen LogP contribution in [0.5, 0.6) is 17.2 Å². The number of aromatic nitrogens is 1. The number of hydrogen-bond acceptors (Lipinski definition) is 4. The molecule has 3 aromatic carbocycles. The second kappa shape index (κ2) is 9.34. The number of nitrogens with one attached hydrogen (secondary N) is 1. The van der Waals surface area contributed by atoms with Crippen LogP contribution in [0.15, 0.2) is 42.5 Å². The maximum Gasteiger partial charge on any atom is 0.274 e. The van der Waals surface area contributed by atoms with Crippen molar-refractivity contribution in [1.29, 1.82) is 0 Å². The molecule has 182 valence electrons. The Hall–Kier alpha value is -3.38. The lowest BCUT2D eigenvalue weighted by atomic mass is 9.95. The summed E-state index contributed by atoms with van der Waals surface area (Å²) in [5.74, 6) is 1.81. The molecule has 0 spiro atoms. The molecular formula is C28H29ClN2O4. The fraction of sp³-hybridized carbons (Fsp3) is 0.321. The van der Waals surface area contributed by atoms with Crippen LogP contribution in [0.2, 0.25) is 0 Å². The minimum absolute atomic E-state index is 0.0593. The van der Waals surface area contributed by atoms with Crippen molar-refractivity contribution in [1.82, 2.24) is 4.98 Å². The zero-order chi connectivity index (χ0) is 24.7. The number of amides is 1. The molecule has 0 aliphatic carbocycles. The first kappa shape index (κ1) is 23.4. The molecule has 35 heavy (non-hydrogen) atoms. The van der Waals surface area contributed by atoms with Gasteiger partial charge in [-0.2, -0.15) is 0 Å². The van der Waals surface area contributed by atoms with Gasteiger partial charge in [0.15, 0.2) is 0 Å². The van der Waals surface area contributed by atoms with Gasteiger partial charge in [0.25, 0.3) is 5.91 Å². The van der Waals surface area contributed by atoms with Gasteiger partial charge in [-0.15, -0.1) is 11.6 Å². The number of aromatic hydroxyl groups is 1. The first-order chi connectivity index (χ1) is 17.0. The van der Waals surface area contributed by atoms with E-state index in [1.807, 2.05) is 37.3 Å². The summed E-state index contributed by atoms with van der Waals surface area (Å²) in [5.41, 5.74) is 4.16. The van der Waals surface area contributed by atoms with Crippen LogP contribution in [0.3, 0.4) is 0 Å². The van der Waals surface area contributed by atoms with Crippen molar-refractivity contribution >= 4 is 44.9 Å². The van der Waals surface area contributed by atoms with Crippen molar-refractivity contribution in [3.05, 3.63) is 59.3 Å². The number of methoxy groups -OCH3 is 1. The third-order valence-electron chi connectivity index (χ3n) is 6.73. The maximum absolute atomic E-state index is 13.7. The fourth-order valence-corrected chi connectivity index (χ4v) is 5.37. The number of hydrogen-bond donors (Lipinski definition) is 2. The number of carbonyl (C=O) groups excluding carboxylic acids is 1. The number of anilines is 1. The molecule has 5 rings (SSSR count). The van der Waals surface area contributed by atoms with Gasteiger partial charge in [-0.25, -0.2) is 0 Å². The van der Waals surface area contributed by atoms with Crippen LogP contribution < -0.4 is 14.4 Å². The molecule has 6 nitrogen and oxygen atoms in total. The van der Waals surface area contributed by atoms with E-state index in [-0.39, 0.29) is 17.6 Å². The molecule has 0 bridgehead atoms. The quantitative estimate of drug-likeness (QED) is 0.294. The molecule has 1 aliphatic heterocycles. The molecule has 1 amide bonds. The number of halogens is 1. The van der Waals surface area contributed by atoms with Gasteiger partial charge >= 0.3 is 0 Å². The number of rotatable bonds is 7. The van der Waals surface area contributed by atoms with Gasteiger partial charge < -0.3 is 24.5 Å². The molecule has 1 aromatic heterocycles. The molecule has 0 unspecified atom stereocenters. The Kier molecular flexibility index (Phi) is 6.24. The van der Waals surface area contributed by atoms with Gasteiger partial charge in [-0.1, -0.05) is 13.3 Å². The monoisotopic (exact) mass is 492 g/mol. The van der Waals surface area contributed by atoms with Crippen molar-refractivity contribution in [3.8, 4) is 17.2 Å². The average Bonchev–Trinajstić information content (AvgIpc) is 3.45. The number of benzene rings is 3. The number of H-pyrrole nitrogens is 1. The Labute approximate surface area is 209 Å². The zero-order valence-electron chi connectivity index (χ0n) is 20.2. The molecule has 0 fully saturated rings. The Bertz CT molecular complexity index is 1390. The number of phenolic OH excluding ortho intramolecular Hbond substituents is 1. The minimum Gasteiger partial charge on any atom is -0.507 e. The number of aryl methyl sites for hydroxylation is 1. The summed E-state index contributed by atoms with van der Waals surface area (Å²) in [6.07, 6.45) is 1.91. The van der Waals surface area contributed by atoms with Crippen LogP contribution in [0, 0.1) is 0 Å². The fourth-order valence-electron chi connectivity index (χ4n) is 5.12. The van der Waals surface area contributed by atoms with Crippen LogP contribution >= 0.6 is 11.6 Å². The second-order valence-electron chi connectivity index (χ2n) is 8.92. The molecule has 2 heterocycles. The lowest BCUT2D eigenvalue weighted by molar-refractivity contribution is 0.0984. The molecule has 7 heteroatoms. The number of aromatic amines is 1. The van der Waals surface area contributed by atoms with E-state index < -0.39 is 0 Å². The van der Waals surface area contributed by atoms with Crippen molar-refractivity contribution in [3.63, 3.8) is 0 Å². The third kappa shape index (κ3) is 3.96. The van der Waals surface area contributed by atoms with Crippen LogP contribution in [0.1, 0.15) is 47.8 Å². The SMILES string of the molecule is CCCc1cc2[nH]c(C(=O)N3C[C@@H](CCl)c4c3cc(O)c3ccc(OC)cc43)cc2cc1OCC. The highest BCUT2D eigenvalue weighted by Crippen LogP contribution is 2.46. The highest BCUT2D eigenvalue weighted by Gasteiger charge is 2.35. The van der Waals surface area contributed by atoms with E-state index in [1.54, 1.807) is 18.1 Å². The highest BCUT2D eigenvalue weighted by atomic mass is 35.5. The van der Waals surface area contributed by atoms with E-state index in [9.17, 15) is 9.90 Å². The summed E-state index contributed by atoms with van der Waals surface area (Å²) in [6.45, 7) is 5.13. The Balaban J connectivity index is 1.59. The number of alkyl halides is 1. The van der Waals surface area contributed by atoms with Crippen molar-refractivity contribution in [2.45, 2.75) is 32.6 Å². The van der Waals surface area contributed by atoms with Gasteiger partial charge in [-0.3, -0.25) is 4.79 Å². The molecule has 4 aromatic rings. The molecule has 2 N–H and O–H groups in total. The number of phenols is 1. The van der Waals surface area contributed by atoms with E-state index in [0.717, 1.165) is 46.0 Å². The van der Waals surface area contributed by atoms with E-state index >= 15 is 0 Å². The van der Waals surface area contributed by atoms with Crippen LogP contribution in [0.25, 0.3) is 21.7 Å². The number of ether oxygens (including phenoxy) is 2. The zero-order valence-corrected chi connectivity index (χ0v) is 20.9. The predicted molar refractivity (Wildman–Crippen MR) is 141 cm³/mol. The summed E-state index contributed by atoms with van der Waals surface area (Å²) in [6, 6.07) is 13.2. The summed E-state index contributed by atoms with van der Waals surface area (Å²) >= 11 is 6.37. The summed E-state index contributed by atoms with van der Waals surface area (Å²) in [5, 5.41) is 13.3. The van der Waals surface area contributed by atoms with Crippen LogP contribution in [0.4, 0.5) is 5.69 Å². The van der Waals surface area contributed by atoms with Gasteiger partial charge in [0.1, 0.15) is 22.9 Å². The minimum atomic E-state index is -0.160. The molecule has 1 aliphatic rings. The molecule has 0 saturated carbocycles. The smallest absolute Gasteiger partial charge is 0.274 e. The van der Waals surface area contributed by atoms with E-state index in [4.69, 9.17) is 21.1 Å². The van der Waals surface area contributed by atoms with Gasteiger partial charge in [0, 0.05) is 40.7 Å². The van der Waals surface area contributed by atoms with Gasteiger partial charge in [0.05, 0.1) is 19.4 Å². The lowest BCUT2D eigenvalue weighted by Crippen LogP contribution is -2.30. The topological polar surface area (TPSA) is 74.8 Å². The number of nitrogens with zero attached hydrogens (tertiary/aromatic N) is 1. The average molecular weight is 493 g/mol. The Morgan fingerprint density at radius 1 is 1.17 bits per heavy atom. The Morgan fingerprint density at radius 2 is 2.00 bits per heavy atom. The number of carbonyl (C=O) groups is 1. The summed E-state index contributed by atoms with van der Waals surface area (Å²) in [4.78, 5) is 18.8. The standard InChI is InChI=1S/C28H29ClN2O4/c1-4-6-16-9-22-17(11-26(16)35-5-2)10-23(30-22)28(33)31-15-18(14-29)27-21-12-19(34-3)7-8-20(21)25(32)13-24(27)31/h7-13,18,30,32H,4-6,14-15H2,1-3H3/t18-/m1/s1. The van der Waals surface area contributed by atoms with Crippen molar-refractivity contribution in [2.75, 3.05) is 31.0 Å². The number of fused-ring (bicyclic) bond motifs is 4. The molecular weight excluding hydrogens is 464 g/mol. The first-order valence-electron chi connectivity index (χ1n) is 12.0. The summed E-state index contributed by atoms with van der Waals surface area (Å²) in [7, 11) is 1.61. The molecule has 0 saturated heterocycles. The highest BCUT2D eigenvalue weighted by molar-refractivity contribution is 6.19. The maximum atomic E-state index is 13.7. The van der Waals surface area contributed by atoms with Gasteiger partial charge in [0.2, 0.25) is 0 Å². The van der Waals surface area contributed by atoms with Crippen LogP contribution in [-0.4, -0.2) is 42.1 Å². The lowest BCUT2D eigenvalue weighted by Gasteiger charge is -2.17. The normalized spacial score (nSPS) is 15.1. The van der Waals surface area contributed by atoms with Crippen LogP contribution in [-0.2, 0) is 6.42 Å². The van der Waals surface area contributed by atoms with E-state index in [0.29, 0.717) is 41.5 Å².